The molecule has 0 spiro atoms. The highest BCUT2D eigenvalue weighted by molar-refractivity contribution is 5.49. The van der Waals surface area contributed by atoms with Gasteiger partial charge in [-0.2, -0.15) is 5.26 Å². The summed E-state index contributed by atoms with van der Waals surface area (Å²) in [7, 11) is 0. The van der Waals surface area contributed by atoms with Crippen molar-refractivity contribution in [2.75, 3.05) is 0 Å². The van der Waals surface area contributed by atoms with Crippen molar-refractivity contribution >= 4 is 0 Å². The zero-order valence-corrected chi connectivity index (χ0v) is 7.07. The van der Waals surface area contributed by atoms with Crippen molar-refractivity contribution in [1.29, 1.82) is 5.26 Å². The maximum absolute atomic E-state index is 9.54. The number of hydrogen-bond donors (Lipinski definition) is 2. The molecule has 0 bridgehead atoms. The van der Waals surface area contributed by atoms with Gasteiger partial charge in [0.05, 0.1) is 11.6 Å². The molecule has 1 aromatic rings. The Morgan fingerprint density at radius 1 is 1.62 bits per heavy atom. The van der Waals surface area contributed by atoms with Crippen LogP contribution < -0.4 is 5.73 Å². The molecule has 3 heteroatoms. The molecule has 0 amide bonds. The number of para-hydroxylation sites is 1. The van der Waals surface area contributed by atoms with Crippen LogP contribution in [-0.4, -0.2) is 5.11 Å². The molecular formula is C10H10N2O. The molecule has 0 aliphatic heterocycles. The van der Waals surface area contributed by atoms with Gasteiger partial charge in [0.1, 0.15) is 11.8 Å². The number of nitrogens with zero attached hydrogens (tertiary/aromatic N) is 1. The van der Waals surface area contributed by atoms with Crippen molar-refractivity contribution in [3.63, 3.8) is 0 Å². The van der Waals surface area contributed by atoms with E-state index >= 15 is 0 Å². The molecule has 0 unspecified atom stereocenters. The normalized spacial score (nSPS) is 11.7. The van der Waals surface area contributed by atoms with E-state index in [2.05, 4.69) is 6.58 Å². The fourth-order valence-electron chi connectivity index (χ4n) is 1.05. The number of aromatic hydroxyl groups is 1. The van der Waals surface area contributed by atoms with E-state index in [4.69, 9.17) is 11.0 Å². The van der Waals surface area contributed by atoms with E-state index in [1.54, 1.807) is 12.1 Å². The number of phenols is 1. The Morgan fingerprint density at radius 3 is 2.85 bits per heavy atom. The van der Waals surface area contributed by atoms with E-state index in [-0.39, 0.29) is 11.3 Å². The number of rotatable bonds is 2. The first-order valence-electron chi connectivity index (χ1n) is 3.80. The summed E-state index contributed by atoms with van der Waals surface area (Å²) in [6, 6.07) is 6.32. The van der Waals surface area contributed by atoms with Crippen molar-refractivity contribution in [1.82, 2.24) is 0 Å². The molecule has 13 heavy (non-hydrogen) atoms. The third-order valence-corrected chi connectivity index (χ3v) is 1.80. The minimum atomic E-state index is -0.437. The molecule has 3 nitrogen and oxygen atoms in total. The largest absolute Gasteiger partial charge is 0.506 e. The average Bonchev–Trinajstić information content (AvgIpc) is 2.17. The van der Waals surface area contributed by atoms with E-state index in [1.165, 1.54) is 12.1 Å². The first-order chi connectivity index (χ1) is 6.20. The van der Waals surface area contributed by atoms with Gasteiger partial charge in [0.25, 0.3) is 0 Å². The minimum Gasteiger partial charge on any atom is -0.506 e. The zero-order valence-electron chi connectivity index (χ0n) is 7.07. The summed E-state index contributed by atoms with van der Waals surface area (Å²) in [5, 5.41) is 18.2. The molecule has 1 atom stereocenters. The molecule has 0 radical (unpaired) electrons. The van der Waals surface area contributed by atoms with Crippen LogP contribution in [-0.2, 0) is 0 Å². The molecular weight excluding hydrogens is 164 g/mol. The first kappa shape index (κ1) is 9.30. The van der Waals surface area contributed by atoms with Crippen molar-refractivity contribution < 1.29 is 5.11 Å². The Hall–Kier alpha value is -1.79. The van der Waals surface area contributed by atoms with Crippen LogP contribution in [0.1, 0.15) is 17.2 Å². The highest BCUT2D eigenvalue weighted by atomic mass is 16.3. The van der Waals surface area contributed by atoms with Crippen molar-refractivity contribution in [3.8, 4) is 11.8 Å². The summed E-state index contributed by atoms with van der Waals surface area (Å²) in [6.07, 6.45) is 1.51. The highest BCUT2D eigenvalue weighted by Crippen LogP contribution is 2.26. The SMILES string of the molecule is C=C[C@H](N)c1cccc(C#N)c1O. The predicted molar refractivity (Wildman–Crippen MR) is 49.9 cm³/mol. The van der Waals surface area contributed by atoms with Gasteiger partial charge in [-0.05, 0) is 6.07 Å². The van der Waals surface area contributed by atoms with Crippen LogP contribution in [0.15, 0.2) is 30.9 Å². The zero-order chi connectivity index (χ0) is 9.84. The standard InChI is InChI=1S/C10H10N2O/c1-2-9(12)8-5-3-4-7(6-11)10(8)13/h2-5,9,13H,1,12H2/t9-/m0/s1. The second-order valence-corrected chi connectivity index (χ2v) is 2.62. The van der Waals surface area contributed by atoms with Crippen LogP contribution in [0.4, 0.5) is 0 Å². The first-order valence-corrected chi connectivity index (χ1v) is 3.80. The van der Waals surface area contributed by atoms with Crippen LogP contribution in [0, 0.1) is 11.3 Å². The molecule has 66 valence electrons. The van der Waals surface area contributed by atoms with E-state index in [0.717, 1.165) is 0 Å². The minimum absolute atomic E-state index is 0.0580. The maximum Gasteiger partial charge on any atom is 0.138 e. The summed E-state index contributed by atoms with van der Waals surface area (Å²) in [5.41, 5.74) is 6.38. The number of nitriles is 1. The second-order valence-electron chi connectivity index (χ2n) is 2.62. The molecule has 1 aromatic carbocycles. The summed E-state index contributed by atoms with van der Waals surface area (Å²) in [4.78, 5) is 0. The van der Waals surface area contributed by atoms with E-state index in [9.17, 15) is 5.11 Å². The van der Waals surface area contributed by atoms with Gasteiger partial charge in [0.15, 0.2) is 0 Å². The van der Waals surface area contributed by atoms with Crippen LogP contribution >= 0.6 is 0 Å². The summed E-state index contributed by atoms with van der Waals surface area (Å²) < 4.78 is 0. The Balaban J connectivity index is 3.25. The predicted octanol–water partition coefficient (Wildman–Crippen LogP) is 1.45. The maximum atomic E-state index is 9.54. The lowest BCUT2D eigenvalue weighted by atomic mass is 10.0. The van der Waals surface area contributed by atoms with Gasteiger partial charge in [-0.3, -0.25) is 0 Å². The number of nitrogens with two attached hydrogens (primary N) is 1. The van der Waals surface area contributed by atoms with Gasteiger partial charge in [-0.25, -0.2) is 0 Å². The van der Waals surface area contributed by atoms with Gasteiger partial charge in [-0.15, -0.1) is 6.58 Å². The average molecular weight is 174 g/mol. The Kier molecular flexibility index (Phi) is 2.68. The topological polar surface area (TPSA) is 70.0 Å². The quantitative estimate of drug-likeness (QED) is 0.666. The molecule has 0 aliphatic rings. The molecule has 0 fully saturated rings. The third-order valence-electron chi connectivity index (χ3n) is 1.80. The smallest absolute Gasteiger partial charge is 0.138 e. The van der Waals surface area contributed by atoms with Gasteiger partial charge in [0, 0.05) is 5.56 Å². The third kappa shape index (κ3) is 1.68. The number of hydrogen-bond acceptors (Lipinski definition) is 3. The van der Waals surface area contributed by atoms with Crippen LogP contribution in [0.3, 0.4) is 0 Å². The molecule has 0 heterocycles. The molecule has 3 N–H and O–H groups in total. The van der Waals surface area contributed by atoms with Crippen LogP contribution in [0.5, 0.6) is 5.75 Å². The van der Waals surface area contributed by atoms with Gasteiger partial charge in [0.2, 0.25) is 0 Å². The van der Waals surface area contributed by atoms with Crippen molar-refractivity contribution in [2.45, 2.75) is 6.04 Å². The molecule has 0 saturated carbocycles. The molecule has 1 rings (SSSR count). The summed E-state index contributed by atoms with van der Waals surface area (Å²) in [6.45, 7) is 3.51. The lowest BCUT2D eigenvalue weighted by molar-refractivity contribution is 0.464. The Bertz CT molecular complexity index is 366. The van der Waals surface area contributed by atoms with Gasteiger partial charge < -0.3 is 10.8 Å². The highest BCUT2D eigenvalue weighted by Gasteiger charge is 2.10. The molecule has 0 aromatic heterocycles. The van der Waals surface area contributed by atoms with Crippen LogP contribution in [0.2, 0.25) is 0 Å². The monoisotopic (exact) mass is 174 g/mol. The van der Waals surface area contributed by atoms with Gasteiger partial charge in [-0.1, -0.05) is 18.2 Å². The second kappa shape index (κ2) is 3.74. The fraction of sp³-hybridized carbons (Fsp3) is 0.100. The Labute approximate surface area is 76.7 Å². The summed E-state index contributed by atoms with van der Waals surface area (Å²) in [5.74, 6) is -0.0580. The number of benzene rings is 1. The number of phenolic OH excluding ortho intramolecular Hbond substituents is 1. The van der Waals surface area contributed by atoms with E-state index in [1.807, 2.05) is 6.07 Å². The summed E-state index contributed by atoms with van der Waals surface area (Å²) >= 11 is 0. The van der Waals surface area contributed by atoms with Crippen molar-refractivity contribution in [2.24, 2.45) is 5.73 Å². The van der Waals surface area contributed by atoms with E-state index < -0.39 is 6.04 Å². The van der Waals surface area contributed by atoms with Gasteiger partial charge >= 0.3 is 0 Å². The van der Waals surface area contributed by atoms with E-state index in [0.29, 0.717) is 5.56 Å². The van der Waals surface area contributed by atoms with Crippen LogP contribution in [0.25, 0.3) is 0 Å². The van der Waals surface area contributed by atoms with Crippen molar-refractivity contribution in [3.05, 3.63) is 42.0 Å². The Morgan fingerprint density at radius 2 is 2.31 bits per heavy atom. The fourth-order valence-corrected chi connectivity index (χ4v) is 1.05. The lowest BCUT2D eigenvalue weighted by Crippen LogP contribution is -2.06. The lowest BCUT2D eigenvalue weighted by Gasteiger charge is -2.09. The molecule has 0 aliphatic carbocycles. The molecule has 0 saturated heterocycles.